The van der Waals surface area contributed by atoms with Crippen LogP contribution in [0.15, 0.2) is 11.4 Å². The summed E-state index contributed by atoms with van der Waals surface area (Å²) in [7, 11) is 3.04. The number of ether oxygens (including phenoxy) is 1. The van der Waals surface area contributed by atoms with Gasteiger partial charge in [0, 0.05) is 27.9 Å². The minimum absolute atomic E-state index is 0.0167. The van der Waals surface area contributed by atoms with Crippen LogP contribution in [0.2, 0.25) is 0 Å². The zero-order chi connectivity index (χ0) is 18.3. The predicted molar refractivity (Wildman–Crippen MR) is 84.5 cm³/mol. The van der Waals surface area contributed by atoms with Crippen molar-refractivity contribution in [3.63, 3.8) is 0 Å². The Morgan fingerprint density at radius 2 is 1.88 bits per heavy atom. The molecule has 0 spiro atoms. The summed E-state index contributed by atoms with van der Waals surface area (Å²) in [5.74, 6) is -1.43. The molecule has 0 saturated heterocycles. The van der Waals surface area contributed by atoms with E-state index in [1.54, 1.807) is 7.05 Å². The molecule has 1 rings (SSSR count). The number of carbonyl (C=O) groups excluding carboxylic acids is 3. The van der Waals surface area contributed by atoms with Crippen molar-refractivity contribution >= 4 is 29.4 Å². The smallest absolute Gasteiger partial charge is 0.331 e. The number of amides is 1. The van der Waals surface area contributed by atoms with Crippen molar-refractivity contribution in [1.82, 2.24) is 15.3 Å². The normalized spacial score (nSPS) is 12.1. The maximum atomic E-state index is 11.9. The fourth-order valence-electron chi connectivity index (χ4n) is 1.72. The van der Waals surface area contributed by atoms with E-state index in [0.717, 1.165) is 0 Å². The van der Waals surface area contributed by atoms with Gasteiger partial charge in [0.1, 0.15) is 17.5 Å². The molecule has 1 heterocycles. The zero-order valence-electron chi connectivity index (χ0n) is 14.0. The molecule has 1 aromatic rings. The average molecular weight is 337 g/mol. The van der Waals surface area contributed by atoms with Crippen LogP contribution in [0.4, 0.5) is 5.82 Å². The monoisotopic (exact) mass is 337 g/mol. The van der Waals surface area contributed by atoms with E-state index in [2.05, 4.69) is 30.6 Å². The predicted octanol–water partition coefficient (Wildman–Crippen LogP) is 0.0967. The number of anilines is 1. The van der Waals surface area contributed by atoms with E-state index >= 15 is 0 Å². The molecule has 10 nitrogen and oxygen atoms in total. The summed E-state index contributed by atoms with van der Waals surface area (Å²) in [5.41, 5.74) is 0.186. The zero-order valence-corrected chi connectivity index (χ0v) is 14.0. The number of rotatable bonds is 6. The van der Waals surface area contributed by atoms with Crippen LogP contribution in [-0.2, 0) is 19.2 Å². The molecule has 0 saturated carbocycles. The van der Waals surface area contributed by atoms with E-state index in [9.17, 15) is 14.4 Å². The molecule has 1 amide bonds. The lowest BCUT2D eigenvalue weighted by Crippen LogP contribution is -2.28. The average Bonchev–Trinajstić information content (AvgIpc) is 2.53. The highest BCUT2D eigenvalue weighted by atomic mass is 16.7. The lowest BCUT2D eigenvalue weighted by Gasteiger charge is -2.15. The number of esters is 1. The molecule has 0 aliphatic rings. The molecule has 1 aromatic heterocycles. The van der Waals surface area contributed by atoms with E-state index in [1.807, 2.05) is 0 Å². The Bertz CT molecular complexity index is 674. The molecule has 0 aliphatic heterocycles. The maximum Gasteiger partial charge on any atom is 0.331 e. The Morgan fingerprint density at radius 3 is 2.38 bits per heavy atom. The Balaban J connectivity index is 3.36. The van der Waals surface area contributed by atoms with E-state index in [-0.39, 0.29) is 22.9 Å². The Labute approximate surface area is 138 Å². The van der Waals surface area contributed by atoms with Crippen LogP contribution in [0.3, 0.4) is 0 Å². The van der Waals surface area contributed by atoms with Crippen LogP contribution >= 0.6 is 0 Å². The highest BCUT2D eigenvalue weighted by molar-refractivity contribution is 6.04. The molecule has 130 valence electrons. The van der Waals surface area contributed by atoms with E-state index in [4.69, 9.17) is 4.74 Å². The van der Waals surface area contributed by atoms with Crippen molar-refractivity contribution in [3.05, 3.63) is 17.6 Å². The quantitative estimate of drug-likeness (QED) is 0.323. The van der Waals surface area contributed by atoms with Gasteiger partial charge < -0.3 is 20.2 Å². The van der Waals surface area contributed by atoms with Crippen LogP contribution in [0.25, 0.3) is 0 Å². The minimum Gasteiger partial charge on any atom is -0.456 e. The summed E-state index contributed by atoms with van der Waals surface area (Å²) in [6.07, 6.45) is 0.453. The Hall–Kier alpha value is -3.04. The fraction of sp³-hybridized carbons (Fsp3) is 0.429. The SMILES string of the molecule is CNC(=O)c1nc(/C(=N/OC(C)=O)C(C)OC(C)=O)cnc1NC. The van der Waals surface area contributed by atoms with E-state index in [1.165, 1.54) is 34.0 Å². The number of hydrogen-bond donors (Lipinski definition) is 2. The minimum atomic E-state index is -0.867. The highest BCUT2D eigenvalue weighted by Crippen LogP contribution is 2.13. The first kappa shape index (κ1) is 19.0. The molecule has 24 heavy (non-hydrogen) atoms. The molecule has 2 N–H and O–H groups in total. The third kappa shape index (κ3) is 5.00. The lowest BCUT2D eigenvalue weighted by atomic mass is 10.2. The standard InChI is InChI=1S/C14H19N5O5/c1-7(23-8(2)20)11(19-24-9(3)21)10-6-17-13(15-4)12(18-10)14(22)16-5/h6-7H,1-5H3,(H,15,17)(H,16,22)/b19-11+. The van der Waals surface area contributed by atoms with E-state index in [0.29, 0.717) is 0 Å². The molecule has 0 aromatic carbocycles. The molecule has 0 fully saturated rings. The van der Waals surface area contributed by atoms with Gasteiger partial charge in [0.2, 0.25) is 0 Å². The van der Waals surface area contributed by atoms with Gasteiger partial charge in [-0.1, -0.05) is 5.16 Å². The maximum absolute atomic E-state index is 11.9. The largest absolute Gasteiger partial charge is 0.456 e. The number of nitrogens with one attached hydrogen (secondary N) is 2. The number of carbonyl (C=O) groups is 3. The van der Waals surface area contributed by atoms with Crippen molar-refractivity contribution in [2.75, 3.05) is 19.4 Å². The Kier molecular flexibility index (Phi) is 6.78. The first-order chi connectivity index (χ1) is 11.3. The summed E-state index contributed by atoms with van der Waals surface area (Å²) in [4.78, 5) is 46.9. The fourth-order valence-corrected chi connectivity index (χ4v) is 1.72. The van der Waals surface area contributed by atoms with Gasteiger partial charge in [-0.15, -0.1) is 0 Å². The summed E-state index contributed by atoms with van der Waals surface area (Å²) < 4.78 is 5.04. The number of aromatic nitrogens is 2. The van der Waals surface area contributed by atoms with Crippen LogP contribution in [-0.4, -0.2) is 53.7 Å². The van der Waals surface area contributed by atoms with Gasteiger partial charge in [-0.3, -0.25) is 9.59 Å². The van der Waals surface area contributed by atoms with Gasteiger partial charge in [0.25, 0.3) is 5.91 Å². The second kappa shape index (κ2) is 8.56. The van der Waals surface area contributed by atoms with Gasteiger partial charge in [-0.2, -0.15) is 0 Å². The molecule has 0 bridgehead atoms. The molecule has 1 atom stereocenters. The Morgan fingerprint density at radius 1 is 1.21 bits per heavy atom. The second-order valence-corrected chi connectivity index (χ2v) is 4.59. The third-order valence-electron chi connectivity index (χ3n) is 2.71. The van der Waals surface area contributed by atoms with E-state index < -0.39 is 23.9 Å². The summed E-state index contributed by atoms with van der Waals surface area (Å²) in [6, 6.07) is 0. The van der Waals surface area contributed by atoms with Crippen LogP contribution < -0.4 is 10.6 Å². The van der Waals surface area contributed by atoms with Crippen molar-refractivity contribution in [2.24, 2.45) is 5.16 Å². The lowest BCUT2D eigenvalue weighted by molar-refractivity contribution is -0.142. The third-order valence-corrected chi connectivity index (χ3v) is 2.71. The van der Waals surface area contributed by atoms with Gasteiger partial charge in [-0.05, 0) is 6.92 Å². The highest BCUT2D eigenvalue weighted by Gasteiger charge is 2.22. The van der Waals surface area contributed by atoms with Gasteiger partial charge in [0.15, 0.2) is 11.5 Å². The first-order valence-electron chi connectivity index (χ1n) is 7.00. The van der Waals surface area contributed by atoms with Crippen molar-refractivity contribution in [3.8, 4) is 0 Å². The molecule has 0 aliphatic carbocycles. The van der Waals surface area contributed by atoms with Crippen LogP contribution in [0, 0.1) is 0 Å². The van der Waals surface area contributed by atoms with Gasteiger partial charge >= 0.3 is 11.9 Å². The van der Waals surface area contributed by atoms with Gasteiger partial charge in [-0.25, -0.2) is 14.8 Å². The summed E-state index contributed by atoms with van der Waals surface area (Å²) in [6.45, 7) is 3.92. The first-order valence-corrected chi connectivity index (χ1v) is 7.00. The second-order valence-electron chi connectivity index (χ2n) is 4.59. The topological polar surface area (TPSA) is 132 Å². The summed E-state index contributed by atoms with van der Waals surface area (Å²) in [5, 5.41) is 8.85. The van der Waals surface area contributed by atoms with Crippen molar-refractivity contribution in [1.29, 1.82) is 0 Å². The number of nitrogens with zero attached hydrogens (tertiary/aromatic N) is 3. The van der Waals surface area contributed by atoms with Crippen molar-refractivity contribution in [2.45, 2.75) is 26.9 Å². The summed E-state index contributed by atoms with van der Waals surface area (Å²) >= 11 is 0. The molecular weight excluding hydrogens is 318 g/mol. The molecular formula is C14H19N5O5. The molecule has 1 unspecified atom stereocenters. The van der Waals surface area contributed by atoms with Crippen LogP contribution in [0.1, 0.15) is 37.0 Å². The number of hydrogen-bond acceptors (Lipinski definition) is 9. The van der Waals surface area contributed by atoms with Gasteiger partial charge in [0.05, 0.1) is 6.20 Å². The molecule has 10 heteroatoms. The molecule has 0 radical (unpaired) electrons. The van der Waals surface area contributed by atoms with Crippen molar-refractivity contribution < 1.29 is 24.0 Å². The number of oxime groups is 1. The van der Waals surface area contributed by atoms with Crippen LogP contribution in [0.5, 0.6) is 0 Å².